The van der Waals surface area contributed by atoms with Crippen molar-refractivity contribution < 1.29 is 42.2 Å². The lowest BCUT2D eigenvalue weighted by atomic mass is 9.85. The summed E-state index contributed by atoms with van der Waals surface area (Å²) in [6, 6.07) is 22.1. The van der Waals surface area contributed by atoms with Crippen LogP contribution in [-0.4, -0.2) is 127 Å². The van der Waals surface area contributed by atoms with Crippen molar-refractivity contribution in [3.8, 4) is 21.7 Å². The molecule has 0 aliphatic carbocycles. The van der Waals surface area contributed by atoms with E-state index in [0.29, 0.717) is 104 Å². The van der Waals surface area contributed by atoms with Crippen molar-refractivity contribution in [2.45, 2.75) is 65.7 Å². The lowest BCUT2D eigenvalue weighted by Gasteiger charge is -2.35. The number of nitrogens with one attached hydrogen (secondary N) is 5. The molecule has 1 fully saturated rings. The number of hydrogen-bond donors (Lipinski definition) is 5. The summed E-state index contributed by atoms with van der Waals surface area (Å²) in [6.45, 7) is 11.1. The molecule has 1 saturated heterocycles. The lowest BCUT2D eigenvalue weighted by Crippen LogP contribution is -2.58. The molecule has 4 amide bonds. The monoisotopic (exact) mass is 1100 g/mol. The number of aryl methyl sites for hydroxylation is 1. The van der Waals surface area contributed by atoms with Crippen molar-refractivity contribution in [2.75, 3.05) is 71.1 Å². The number of fused-ring (bicyclic) bond motifs is 3. The number of rotatable bonds is 24. The molecule has 8 rings (SSSR count). The van der Waals surface area contributed by atoms with Gasteiger partial charge in [-0.05, 0) is 84.8 Å². The van der Waals surface area contributed by atoms with Gasteiger partial charge in [0.25, 0.3) is 5.91 Å². The fourth-order valence-electron chi connectivity index (χ4n) is 8.97. The van der Waals surface area contributed by atoms with E-state index in [4.69, 9.17) is 30.8 Å². The van der Waals surface area contributed by atoms with Crippen LogP contribution in [0.1, 0.15) is 71.9 Å². The molecule has 0 radical (unpaired) electrons. The number of aliphatic imine (C=N–C) groups is 1. The first-order chi connectivity index (χ1) is 37.6. The molecule has 2 aliphatic rings. The molecule has 410 valence electrons. The van der Waals surface area contributed by atoms with E-state index >= 15 is 0 Å². The average molecular weight is 1110 g/mol. The highest BCUT2D eigenvalue weighted by Gasteiger charge is 2.42. The molecule has 6 aromatic rings. The van der Waals surface area contributed by atoms with Crippen molar-refractivity contribution >= 4 is 63.9 Å². The summed E-state index contributed by atoms with van der Waals surface area (Å²) in [4.78, 5) is 74.0. The fourth-order valence-corrected chi connectivity index (χ4v) is 9.96. The second-order valence-corrected chi connectivity index (χ2v) is 21.0. The number of hydrogen-bond acceptors (Lipinski definition) is 14. The lowest BCUT2D eigenvalue weighted by molar-refractivity contribution is -0.143. The smallest absolute Gasteiger partial charge is 0.251 e. The van der Waals surface area contributed by atoms with Crippen LogP contribution in [0.5, 0.6) is 0 Å². The molecule has 4 heterocycles. The minimum Gasteiger partial charge on any atom is -0.378 e. The Morgan fingerprint density at radius 1 is 0.846 bits per heavy atom. The first-order valence-corrected chi connectivity index (χ1v) is 27.0. The molecule has 21 heteroatoms. The van der Waals surface area contributed by atoms with E-state index in [9.17, 15) is 28.0 Å². The summed E-state index contributed by atoms with van der Waals surface area (Å²) in [7, 11) is 0. The van der Waals surface area contributed by atoms with Gasteiger partial charge >= 0.3 is 0 Å². The van der Waals surface area contributed by atoms with Gasteiger partial charge < -0.3 is 45.7 Å². The topological polar surface area (TPSA) is 210 Å². The van der Waals surface area contributed by atoms with Gasteiger partial charge in [-0.25, -0.2) is 23.7 Å². The summed E-state index contributed by atoms with van der Waals surface area (Å²) < 4.78 is 46.7. The van der Waals surface area contributed by atoms with Crippen LogP contribution in [0.25, 0.3) is 21.7 Å². The van der Waals surface area contributed by atoms with Crippen molar-refractivity contribution in [1.82, 2.24) is 41.1 Å². The third-order valence-corrected chi connectivity index (χ3v) is 14.2. The first kappa shape index (κ1) is 57.1. The minimum absolute atomic E-state index is 0.0145. The van der Waals surface area contributed by atoms with Crippen LogP contribution in [0.4, 0.5) is 20.4 Å². The summed E-state index contributed by atoms with van der Waals surface area (Å²) in [5.41, 5.74) is 7.40. The number of halogens is 3. The van der Waals surface area contributed by atoms with Gasteiger partial charge in [-0.15, -0.1) is 11.3 Å². The van der Waals surface area contributed by atoms with Crippen LogP contribution < -0.4 is 26.6 Å². The highest BCUT2D eigenvalue weighted by atomic mass is 35.5. The summed E-state index contributed by atoms with van der Waals surface area (Å²) >= 11 is 7.94. The van der Waals surface area contributed by atoms with E-state index in [-0.39, 0.29) is 67.1 Å². The Bertz CT molecular complexity index is 3080. The molecule has 0 saturated carbocycles. The number of amides is 4. The fraction of sp³-hybridized carbons (Fsp3) is 0.368. The zero-order chi connectivity index (χ0) is 55.2. The number of benzene rings is 4. The third kappa shape index (κ3) is 14.9. The van der Waals surface area contributed by atoms with Crippen LogP contribution >= 0.6 is 22.9 Å². The minimum atomic E-state index is -0.828. The number of ether oxygens (including phenoxy) is 3. The van der Waals surface area contributed by atoms with Gasteiger partial charge in [0.05, 0.1) is 85.8 Å². The number of carbonyl (C=O) groups excluding carboxylic acids is 4. The normalized spacial score (nSPS) is 14.4. The molecule has 0 unspecified atom stereocenters. The SMILES string of the molecule is Cc1ncsc1-c1ccc(CNC(=O)[C@@H]2CCCN2C(=O)[C@@H](NC(=O)CNCCOCCOCCOCCNC(=O)c2ccc(Nc3ncc4c(n3)-c3ccc(Cl)cc3C(c3c(F)cccc3F)=NC4)cc2)C(C)(C)C)cc1. The Labute approximate surface area is 461 Å². The highest BCUT2D eigenvalue weighted by molar-refractivity contribution is 7.13. The number of likely N-dealkylation sites (tertiary alicyclic amines) is 1. The molecule has 2 aromatic heterocycles. The molecule has 4 aromatic carbocycles. The maximum absolute atomic E-state index is 14.9. The quantitative estimate of drug-likeness (QED) is 0.0368. The number of carbonyl (C=O) groups is 4. The Morgan fingerprint density at radius 3 is 2.24 bits per heavy atom. The van der Waals surface area contributed by atoms with Gasteiger partial charge in [0, 0.05) is 65.3 Å². The maximum Gasteiger partial charge on any atom is 0.251 e. The van der Waals surface area contributed by atoms with Gasteiger partial charge in [0.1, 0.15) is 23.7 Å². The highest BCUT2D eigenvalue weighted by Crippen LogP contribution is 2.35. The molecule has 2 atom stereocenters. The van der Waals surface area contributed by atoms with E-state index in [1.54, 1.807) is 64.9 Å². The van der Waals surface area contributed by atoms with E-state index in [1.807, 2.05) is 57.5 Å². The van der Waals surface area contributed by atoms with Gasteiger partial charge in [-0.2, -0.15) is 0 Å². The van der Waals surface area contributed by atoms with Gasteiger partial charge in [0.15, 0.2) is 0 Å². The number of aromatic nitrogens is 3. The Balaban J connectivity index is 0.667. The van der Waals surface area contributed by atoms with Crippen LogP contribution in [0.15, 0.2) is 102 Å². The second kappa shape index (κ2) is 27.0. The molecule has 5 N–H and O–H groups in total. The number of anilines is 2. The van der Waals surface area contributed by atoms with Crippen LogP contribution in [0, 0.1) is 24.0 Å². The van der Waals surface area contributed by atoms with Crippen molar-refractivity contribution in [3.05, 3.63) is 147 Å². The third-order valence-electron chi connectivity index (χ3n) is 13.0. The molecule has 0 bridgehead atoms. The largest absolute Gasteiger partial charge is 0.378 e. The maximum atomic E-state index is 14.9. The predicted molar refractivity (Wildman–Crippen MR) is 296 cm³/mol. The van der Waals surface area contributed by atoms with Gasteiger partial charge in [0.2, 0.25) is 23.7 Å². The molecule has 78 heavy (non-hydrogen) atoms. The average Bonchev–Trinajstić information content (AvgIpc) is 4.16. The zero-order valence-corrected chi connectivity index (χ0v) is 45.5. The zero-order valence-electron chi connectivity index (χ0n) is 43.9. The van der Waals surface area contributed by atoms with Crippen molar-refractivity contribution in [1.29, 1.82) is 0 Å². The molecular weight excluding hydrogens is 1040 g/mol. The Kier molecular flexibility index (Phi) is 19.8. The molecule has 2 aliphatic heterocycles. The summed E-state index contributed by atoms with van der Waals surface area (Å²) in [5.74, 6) is -2.31. The van der Waals surface area contributed by atoms with Crippen LogP contribution in [0.2, 0.25) is 5.02 Å². The molecule has 0 spiro atoms. The molecular formula is C57H63ClF2N10O7S. The van der Waals surface area contributed by atoms with Crippen molar-refractivity contribution in [2.24, 2.45) is 10.4 Å². The summed E-state index contributed by atoms with van der Waals surface area (Å²) in [6.07, 6.45) is 2.86. The van der Waals surface area contributed by atoms with Gasteiger partial charge in [-0.3, -0.25) is 24.2 Å². The molecule has 17 nitrogen and oxygen atoms in total. The van der Waals surface area contributed by atoms with Gasteiger partial charge in [-0.1, -0.05) is 68.8 Å². The van der Waals surface area contributed by atoms with Crippen molar-refractivity contribution in [3.63, 3.8) is 0 Å². The standard InChI is InChI=1S/C57H63ClF2N10O7S/c1-35-51(78-34-66-35)37-12-10-36(11-13-37)30-64-54(73)46-9-6-22-70(46)55(74)52(57(2,3)4)68-47(71)33-61-20-23-75-25-27-77-28-26-76-24-21-62-53(72)38-14-17-41(18-15-38)67-56-65-32-39-31-63-50(48-44(59)7-5-8-45(48)60)43-29-40(58)16-19-42(43)49(39)69-56/h5,7-8,10-19,29,32,34,46,52,61H,6,9,20-28,30-31,33H2,1-4H3,(H,62,72)(H,64,73)(H,68,71)(H,65,67,69)/t46-,52+/m0/s1. The second-order valence-electron chi connectivity index (χ2n) is 19.7. The Morgan fingerprint density at radius 2 is 1.55 bits per heavy atom. The predicted octanol–water partition coefficient (Wildman–Crippen LogP) is 7.81. The van der Waals surface area contributed by atoms with E-state index in [2.05, 4.69) is 41.5 Å². The van der Waals surface area contributed by atoms with E-state index in [0.717, 1.165) is 21.7 Å². The van der Waals surface area contributed by atoms with E-state index < -0.39 is 29.1 Å². The number of nitrogens with zero attached hydrogens (tertiary/aromatic N) is 5. The van der Waals surface area contributed by atoms with Crippen LogP contribution in [0.3, 0.4) is 0 Å². The first-order valence-electron chi connectivity index (χ1n) is 25.8. The number of thiazole rings is 1. The Hall–Kier alpha value is -7.07. The van der Waals surface area contributed by atoms with E-state index in [1.165, 1.54) is 18.2 Å². The summed E-state index contributed by atoms with van der Waals surface area (Å²) in [5, 5.41) is 15.3. The van der Waals surface area contributed by atoms with Crippen LogP contribution in [-0.2, 0) is 41.7 Å².